The van der Waals surface area contributed by atoms with Gasteiger partial charge < -0.3 is 14.3 Å². The van der Waals surface area contributed by atoms with Crippen LogP contribution in [0.3, 0.4) is 0 Å². The first-order valence-electron chi connectivity index (χ1n) is 6.11. The van der Waals surface area contributed by atoms with Crippen LogP contribution in [-0.2, 0) is 9.16 Å². The summed E-state index contributed by atoms with van der Waals surface area (Å²) in [4.78, 5) is 0. The van der Waals surface area contributed by atoms with E-state index in [-0.39, 0.29) is 11.1 Å². The van der Waals surface area contributed by atoms with Crippen molar-refractivity contribution >= 4 is 8.32 Å². The van der Waals surface area contributed by atoms with Gasteiger partial charge in [0.25, 0.3) is 0 Å². The van der Waals surface area contributed by atoms with Crippen molar-refractivity contribution in [2.45, 2.75) is 57.5 Å². The van der Waals surface area contributed by atoms with E-state index in [1.807, 2.05) is 0 Å². The van der Waals surface area contributed by atoms with E-state index in [9.17, 15) is 5.11 Å². The van der Waals surface area contributed by atoms with Crippen LogP contribution in [0.4, 0.5) is 0 Å². The third-order valence-corrected chi connectivity index (χ3v) is 8.01. The summed E-state index contributed by atoms with van der Waals surface area (Å²) in [6.07, 6.45) is 1.64. The minimum absolute atomic E-state index is 0.104. The van der Waals surface area contributed by atoms with Gasteiger partial charge in [0.1, 0.15) is 0 Å². The first kappa shape index (κ1) is 16.8. The number of hydrogen-bond donors (Lipinski definition) is 1. The molecule has 102 valence electrons. The number of methoxy groups -OCH3 is 1. The molecule has 0 aliphatic rings. The summed E-state index contributed by atoms with van der Waals surface area (Å²) in [6, 6.07) is 0. The van der Waals surface area contributed by atoms with Crippen molar-refractivity contribution in [1.29, 1.82) is 0 Å². The van der Waals surface area contributed by atoms with Gasteiger partial charge in [-0.05, 0) is 18.1 Å². The molecule has 3 nitrogen and oxygen atoms in total. The highest BCUT2D eigenvalue weighted by Crippen LogP contribution is 2.36. The van der Waals surface area contributed by atoms with Crippen molar-refractivity contribution in [3.8, 4) is 0 Å². The van der Waals surface area contributed by atoms with Gasteiger partial charge in [-0.15, -0.1) is 6.58 Å². The summed E-state index contributed by atoms with van der Waals surface area (Å²) < 4.78 is 11.1. The monoisotopic (exact) mass is 260 g/mol. The maximum atomic E-state index is 9.88. The summed E-state index contributed by atoms with van der Waals surface area (Å²) in [6.45, 7) is 15.0. The lowest BCUT2D eigenvalue weighted by Gasteiger charge is -2.36. The number of ether oxygens (including phenoxy) is 1. The second-order valence-electron chi connectivity index (χ2n) is 5.97. The Bertz CT molecular complexity index is 233. The molecule has 1 N–H and O–H groups in total. The van der Waals surface area contributed by atoms with Gasteiger partial charge in [-0.1, -0.05) is 26.8 Å². The van der Waals surface area contributed by atoms with Crippen LogP contribution in [0, 0.1) is 0 Å². The summed E-state index contributed by atoms with van der Waals surface area (Å²) in [5, 5.41) is 10.1. The molecule has 17 heavy (non-hydrogen) atoms. The molecule has 0 unspecified atom stereocenters. The van der Waals surface area contributed by atoms with Crippen molar-refractivity contribution in [1.82, 2.24) is 0 Å². The van der Waals surface area contributed by atoms with Crippen LogP contribution in [0.15, 0.2) is 12.7 Å². The molecule has 0 heterocycles. The predicted octanol–water partition coefficient (Wildman–Crippen LogP) is 2.96. The van der Waals surface area contributed by atoms with Crippen molar-refractivity contribution in [3.05, 3.63) is 12.7 Å². The van der Waals surface area contributed by atoms with Crippen LogP contribution < -0.4 is 0 Å². The van der Waals surface area contributed by atoms with Crippen molar-refractivity contribution in [3.63, 3.8) is 0 Å². The Balaban J connectivity index is 4.16. The van der Waals surface area contributed by atoms with Gasteiger partial charge in [0.05, 0.1) is 18.8 Å². The maximum Gasteiger partial charge on any atom is 0.192 e. The number of aliphatic hydroxyl groups is 1. The Morgan fingerprint density at radius 3 is 2.24 bits per heavy atom. The zero-order valence-corrected chi connectivity index (χ0v) is 13.1. The molecule has 0 aromatic carbocycles. The van der Waals surface area contributed by atoms with Crippen LogP contribution in [0.25, 0.3) is 0 Å². The van der Waals surface area contributed by atoms with Crippen LogP contribution >= 0.6 is 0 Å². The fraction of sp³-hybridized carbons (Fsp3) is 0.846. The van der Waals surface area contributed by atoms with Crippen molar-refractivity contribution in [2.24, 2.45) is 0 Å². The molecule has 0 aliphatic heterocycles. The Labute approximate surface area is 107 Å². The molecule has 0 amide bonds. The lowest BCUT2D eigenvalue weighted by atomic mass is 10.1. The zero-order valence-electron chi connectivity index (χ0n) is 12.1. The van der Waals surface area contributed by atoms with E-state index in [1.54, 1.807) is 13.2 Å². The van der Waals surface area contributed by atoms with Gasteiger partial charge in [-0.3, -0.25) is 0 Å². The second-order valence-corrected chi connectivity index (χ2v) is 10.8. The first-order chi connectivity index (χ1) is 7.64. The smallest absolute Gasteiger partial charge is 0.192 e. The van der Waals surface area contributed by atoms with Gasteiger partial charge in [0.2, 0.25) is 0 Å². The Hall–Kier alpha value is -0.163. The topological polar surface area (TPSA) is 38.7 Å². The molecule has 0 aliphatic carbocycles. The van der Waals surface area contributed by atoms with Gasteiger partial charge in [0.15, 0.2) is 8.32 Å². The second kappa shape index (κ2) is 6.68. The minimum Gasteiger partial charge on any atom is -0.414 e. The average Bonchev–Trinajstić information content (AvgIpc) is 2.21. The molecule has 0 aromatic heterocycles. The maximum absolute atomic E-state index is 9.88. The van der Waals surface area contributed by atoms with E-state index in [0.29, 0.717) is 13.0 Å². The summed E-state index contributed by atoms with van der Waals surface area (Å²) >= 11 is 0. The van der Waals surface area contributed by atoms with E-state index in [4.69, 9.17) is 9.16 Å². The largest absolute Gasteiger partial charge is 0.414 e. The zero-order chi connectivity index (χ0) is 13.7. The normalized spacial score (nSPS) is 16.6. The molecular formula is C13H28O3Si. The molecule has 0 rings (SSSR count). The molecule has 4 heteroatoms. The number of aliphatic hydroxyl groups excluding tert-OH is 1. The fourth-order valence-electron chi connectivity index (χ4n) is 1.15. The number of hydrogen-bond acceptors (Lipinski definition) is 3. The molecule has 2 atom stereocenters. The van der Waals surface area contributed by atoms with E-state index < -0.39 is 14.4 Å². The number of rotatable bonds is 7. The third kappa shape index (κ3) is 5.81. The van der Waals surface area contributed by atoms with E-state index in [2.05, 4.69) is 40.4 Å². The van der Waals surface area contributed by atoms with Gasteiger partial charge in [-0.25, -0.2) is 0 Å². The molecule has 0 saturated carbocycles. The molecule has 0 fully saturated rings. The lowest BCUT2D eigenvalue weighted by molar-refractivity contribution is 0.0420. The molecule has 0 saturated heterocycles. The van der Waals surface area contributed by atoms with E-state index >= 15 is 0 Å². The lowest BCUT2D eigenvalue weighted by Crippen LogP contribution is -2.43. The van der Waals surface area contributed by atoms with Crippen LogP contribution in [0.1, 0.15) is 27.2 Å². The third-order valence-electron chi connectivity index (χ3n) is 3.51. The van der Waals surface area contributed by atoms with Crippen LogP contribution in [-0.4, -0.2) is 39.3 Å². The molecule has 0 radical (unpaired) electrons. The Morgan fingerprint density at radius 2 is 1.88 bits per heavy atom. The highest BCUT2D eigenvalue weighted by Gasteiger charge is 2.37. The standard InChI is InChI=1S/C13H28O3Si/c1-8-12(15-5)9-11(14)10-16-17(6,7)13(2,3)4/h8,11-12,14H,1,9-10H2,2-7H3/t11-,12-/m0/s1. The Morgan fingerprint density at radius 1 is 1.35 bits per heavy atom. The summed E-state index contributed by atoms with van der Waals surface area (Å²) in [5.41, 5.74) is 0. The van der Waals surface area contributed by atoms with Gasteiger partial charge in [0, 0.05) is 13.5 Å². The van der Waals surface area contributed by atoms with Crippen LogP contribution in [0.5, 0.6) is 0 Å². The minimum atomic E-state index is -1.77. The Kier molecular flexibility index (Phi) is 6.62. The molecular weight excluding hydrogens is 232 g/mol. The summed E-state index contributed by atoms with van der Waals surface area (Å²) in [5.74, 6) is 0. The molecule has 0 bridgehead atoms. The highest BCUT2D eigenvalue weighted by atomic mass is 28.4. The van der Waals surface area contributed by atoms with Crippen molar-refractivity contribution in [2.75, 3.05) is 13.7 Å². The molecule has 0 aromatic rings. The predicted molar refractivity (Wildman–Crippen MR) is 74.8 cm³/mol. The van der Waals surface area contributed by atoms with Crippen molar-refractivity contribution < 1.29 is 14.3 Å². The summed E-state index contributed by atoms with van der Waals surface area (Å²) in [7, 11) is -0.147. The van der Waals surface area contributed by atoms with Gasteiger partial charge >= 0.3 is 0 Å². The van der Waals surface area contributed by atoms with E-state index in [0.717, 1.165) is 0 Å². The molecule has 0 spiro atoms. The fourth-order valence-corrected chi connectivity index (χ4v) is 2.19. The highest BCUT2D eigenvalue weighted by molar-refractivity contribution is 6.74. The quantitative estimate of drug-likeness (QED) is 0.565. The van der Waals surface area contributed by atoms with E-state index in [1.165, 1.54) is 0 Å². The average molecular weight is 260 g/mol. The van der Waals surface area contributed by atoms with Crippen LogP contribution in [0.2, 0.25) is 18.1 Å². The first-order valence-corrected chi connectivity index (χ1v) is 9.02. The van der Waals surface area contributed by atoms with Gasteiger partial charge in [-0.2, -0.15) is 0 Å². The SMILES string of the molecule is C=C[C@@H](C[C@H](O)CO[Si](C)(C)C(C)(C)C)OC.